The number of nitrogens with two attached hydrogens (primary N) is 2. The number of nitrogens with one attached hydrogen (secondary N) is 1. The number of anilines is 2. The van der Waals surface area contributed by atoms with Crippen molar-refractivity contribution in [2.75, 3.05) is 17.8 Å². The Morgan fingerprint density at radius 3 is 2.73 bits per heavy atom. The summed E-state index contributed by atoms with van der Waals surface area (Å²) in [6.07, 6.45) is 3.37. The average Bonchev–Trinajstić information content (AvgIpc) is 2.79. The van der Waals surface area contributed by atoms with Crippen LogP contribution < -0.4 is 21.9 Å². The Balaban J connectivity index is 1.59. The highest BCUT2D eigenvalue weighted by Gasteiger charge is 2.12. The summed E-state index contributed by atoms with van der Waals surface area (Å²) >= 11 is 0. The van der Waals surface area contributed by atoms with Crippen LogP contribution in [-0.4, -0.2) is 27.9 Å². The standard InChI is InChI=1S/C22H21N7O/c1-25-22(30)20-8-5-16(12-27-20)19-9-6-17(23)21(28-19)29(24)13-14-4-7-18-15(11-14)3-2-10-26-18/h2-12H,13,23-24H2,1H3,(H,25,30). The molecule has 1 aromatic carbocycles. The van der Waals surface area contributed by atoms with Gasteiger partial charge in [0.15, 0.2) is 5.82 Å². The number of nitrogens with zero attached hydrogens (tertiary/aromatic N) is 4. The molecule has 0 aliphatic carbocycles. The number of amides is 1. The minimum atomic E-state index is -0.244. The Hall–Kier alpha value is -4.04. The molecule has 4 rings (SSSR count). The second-order valence-corrected chi connectivity index (χ2v) is 6.78. The molecule has 3 heterocycles. The first-order chi connectivity index (χ1) is 14.5. The van der Waals surface area contributed by atoms with E-state index in [1.54, 1.807) is 43.7 Å². The van der Waals surface area contributed by atoms with Gasteiger partial charge >= 0.3 is 0 Å². The van der Waals surface area contributed by atoms with Gasteiger partial charge in [0.1, 0.15) is 5.69 Å². The van der Waals surface area contributed by atoms with Crippen molar-refractivity contribution in [2.24, 2.45) is 5.84 Å². The second-order valence-electron chi connectivity index (χ2n) is 6.78. The molecule has 0 aliphatic heterocycles. The van der Waals surface area contributed by atoms with Crippen LogP contribution in [0.4, 0.5) is 11.5 Å². The van der Waals surface area contributed by atoms with E-state index in [-0.39, 0.29) is 5.91 Å². The Morgan fingerprint density at radius 1 is 1.10 bits per heavy atom. The maximum Gasteiger partial charge on any atom is 0.269 e. The molecule has 8 heteroatoms. The minimum Gasteiger partial charge on any atom is -0.396 e. The van der Waals surface area contributed by atoms with Gasteiger partial charge in [-0.2, -0.15) is 0 Å². The first-order valence-electron chi connectivity index (χ1n) is 9.36. The van der Waals surface area contributed by atoms with Gasteiger partial charge in [-0.25, -0.2) is 10.8 Å². The van der Waals surface area contributed by atoms with Crippen molar-refractivity contribution in [3.63, 3.8) is 0 Å². The lowest BCUT2D eigenvalue weighted by atomic mass is 10.1. The van der Waals surface area contributed by atoms with Crippen molar-refractivity contribution in [3.8, 4) is 11.3 Å². The van der Waals surface area contributed by atoms with Crippen LogP contribution in [0, 0.1) is 0 Å². The molecule has 3 aromatic heterocycles. The third-order valence-electron chi connectivity index (χ3n) is 4.72. The van der Waals surface area contributed by atoms with Crippen molar-refractivity contribution in [1.82, 2.24) is 20.3 Å². The van der Waals surface area contributed by atoms with E-state index in [1.165, 1.54) is 5.01 Å². The molecule has 0 unspecified atom stereocenters. The zero-order valence-electron chi connectivity index (χ0n) is 16.4. The van der Waals surface area contributed by atoms with Crippen molar-refractivity contribution < 1.29 is 4.79 Å². The van der Waals surface area contributed by atoms with Gasteiger partial charge in [-0.15, -0.1) is 0 Å². The molecule has 8 nitrogen and oxygen atoms in total. The van der Waals surface area contributed by atoms with E-state index >= 15 is 0 Å². The zero-order valence-corrected chi connectivity index (χ0v) is 16.4. The monoisotopic (exact) mass is 399 g/mol. The SMILES string of the molecule is CNC(=O)c1ccc(-c2ccc(N)c(N(N)Cc3ccc4ncccc4c3)n2)cn1. The maximum atomic E-state index is 11.7. The number of hydrazine groups is 1. The fraction of sp³-hybridized carbons (Fsp3) is 0.0909. The van der Waals surface area contributed by atoms with Crippen LogP contribution in [-0.2, 0) is 6.54 Å². The van der Waals surface area contributed by atoms with Crippen LogP contribution in [0.15, 0.2) is 67.0 Å². The topological polar surface area (TPSA) is 123 Å². The maximum absolute atomic E-state index is 11.7. The van der Waals surface area contributed by atoms with E-state index in [2.05, 4.69) is 20.3 Å². The lowest BCUT2D eigenvalue weighted by molar-refractivity contribution is 0.0958. The van der Waals surface area contributed by atoms with Crippen molar-refractivity contribution in [1.29, 1.82) is 0 Å². The molecule has 0 fully saturated rings. The number of hydrogen-bond donors (Lipinski definition) is 3. The molecule has 5 N–H and O–H groups in total. The van der Waals surface area contributed by atoms with Gasteiger partial charge in [0.05, 0.1) is 23.4 Å². The molecule has 0 atom stereocenters. The number of nitrogen functional groups attached to an aromatic ring is 1. The summed E-state index contributed by atoms with van der Waals surface area (Å²) in [4.78, 5) is 24.8. The second kappa shape index (κ2) is 8.14. The summed E-state index contributed by atoms with van der Waals surface area (Å²) in [7, 11) is 1.56. The molecule has 0 bridgehead atoms. The number of aromatic nitrogens is 3. The number of benzene rings is 1. The van der Waals surface area contributed by atoms with Gasteiger partial charge in [-0.3, -0.25) is 19.8 Å². The molecule has 30 heavy (non-hydrogen) atoms. The molecule has 150 valence electrons. The van der Waals surface area contributed by atoms with E-state index < -0.39 is 0 Å². The van der Waals surface area contributed by atoms with Crippen LogP contribution in [0.1, 0.15) is 16.1 Å². The summed E-state index contributed by atoms with van der Waals surface area (Å²) < 4.78 is 0. The Bertz CT molecular complexity index is 1210. The van der Waals surface area contributed by atoms with Crippen LogP contribution in [0.25, 0.3) is 22.2 Å². The first kappa shape index (κ1) is 19.3. The van der Waals surface area contributed by atoms with Crippen LogP contribution >= 0.6 is 0 Å². The summed E-state index contributed by atoms with van der Waals surface area (Å²) in [6, 6.07) is 16.9. The fourth-order valence-electron chi connectivity index (χ4n) is 3.15. The molecule has 0 spiro atoms. The minimum absolute atomic E-state index is 0.244. The lowest BCUT2D eigenvalue weighted by Gasteiger charge is -2.20. The summed E-state index contributed by atoms with van der Waals surface area (Å²) in [6.45, 7) is 0.430. The molecular formula is C22H21N7O. The Morgan fingerprint density at radius 2 is 1.97 bits per heavy atom. The zero-order chi connectivity index (χ0) is 21.1. The Kier molecular flexibility index (Phi) is 5.23. The third-order valence-corrected chi connectivity index (χ3v) is 4.72. The Labute approximate surface area is 173 Å². The molecule has 0 aliphatic rings. The van der Waals surface area contributed by atoms with Gasteiger partial charge in [0.25, 0.3) is 5.91 Å². The summed E-state index contributed by atoms with van der Waals surface area (Å²) in [5.74, 6) is 6.53. The van der Waals surface area contributed by atoms with Gasteiger partial charge in [-0.05, 0) is 48.0 Å². The number of carbonyl (C=O) groups excluding carboxylic acids is 1. The summed E-state index contributed by atoms with van der Waals surface area (Å²) in [5.41, 5.74) is 10.3. The normalized spacial score (nSPS) is 10.7. The highest BCUT2D eigenvalue weighted by molar-refractivity contribution is 5.92. The molecule has 0 saturated heterocycles. The van der Waals surface area contributed by atoms with Crippen LogP contribution in [0.3, 0.4) is 0 Å². The van der Waals surface area contributed by atoms with Gasteiger partial charge < -0.3 is 11.1 Å². The number of hydrogen-bond acceptors (Lipinski definition) is 7. The smallest absolute Gasteiger partial charge is 0.269 e. The van der Waals surface area contributed by atoms with Gasteiger partial charge in [0.2, 0.25) is 0 Å². The van der Waals surface area contributed by atoms with E-state index in [4.69, 9.17) is 11.6 Å². The van der Waals surface area contributed by atoms with Crippen LogP contribution in [0.5, 0.6) is 0 Å². The predicted octanol–water partition coefficient (Wildman–Crippen LogP) is 2.51. The number of rotatable bonds is 5. The molecule has 4 aromatic rings. The molecule has 0 radical (unpaired) electrons. The third kappa shape index (κ3) is 3.89. The van der Waals surface area contributed by atoms with Gasteiger partial charge in [-0.1, -0.05) is 12.1 Å². The predicted molar refractivity (Wildman–Crippen MR) is 117 cm³/mol. The highest BCUT2D eigenvalue weighted by atomic mass is 16.1. The van der Waals surface area contributed by atoms with E-state index in [1.807, 2.05) is 30.3 Å². The number of fused-ring (bicyclic) bond motifs is 1. The van der Waals surface area contributed by atoms with Gasteiger partial charge in [0, 0.05) is 30.4 Å². The van der Waals surface area contributed by atoms with E-state index in [9.17, 15) is 4.79 Å². The average molecular weight is 399 g/mol. The van der Waals surface area contributed by atoms with E-state index in [0.717, 1.165) is 22.0 Å². The van der Waals surface area contributed by atoms with E-state index in [0.29, 0.717) is 29.4 Å². The molecule has 1 amide bonds. The largest absolute Gasteiger partial charge is 0.396 e. The van der Waals surface area contributed by atoms with Crippen molar-refractivity contribution in [2.45, 2.75) is 6.54 Å². The van der Waals surface area contributed by atoms with Crippen molar-refractivity contribution in [3.05, 3.63) is 78.2 Å². The quantitative estimate of drug-likeness (QED) is 0.348. The molecule has 0 saturated carbocycles. The number of pyridine rings is 3. The van der Waals surface area contributed by atoms with Crippen LogP contribution in [0.2, 0.25) is 0 Å². The van der Waals surface area contributed by atoms with Crippen molar-refractivity contribution >= 4 is 28.3 Å². The molecular weight excluding hydrogens is 378 g/mol. The first-order valence-corrected chi connectivity index (χ1v) is 9.36. The number of carbonyl (C=O) groups is 1. The lowest BCUT2D eigenvalue weighted by Crippen LogP contribution is -2.31. The summed E-state index contributed by atoms with van der Waals surface area (Å²) in [5, 5.41) is 5.10. The fourth-order valence-corrected chi connectivity index (χ4v) is 3.15. The highest BCUT2D eigenvalue weighted by Crippen LogP contribution is 2.26.